The number of carbonyl (C=O) groups is 1. The Hall–Kier alpha value is -2.93. The SMILES string of the molecule is COc1ccccc1-c1noc(C2CCC(=O)N2Cc2ccc(F)cc2Cl)n1. The summed E-state index contributed by atoms with van der Waals surface area (Å²) in [5.41, 5.74) is 1.37. The van der Waals surface area contributed by atoms with Gasteiger partial charge in [-0.15, -0.1) is 0 Å². The molecule has 0 N–H and O–H groups in total. The smallest absolute Gasteiger partial charge is 0.249 e. The maximum absolute atomic E-state index is 13.3. The third kappa shape index (κ3) is 3.45. The van der Waals surface area contributed by atoms with E-state index in [1.165, 1.54) is 12.1 Å². The molecule has 1 amide bonds. The average Bonchev–Trinajstić information content (AvgIpc) is 3.31. The summed E-state index contributed by atoms with van der Waals surface area (Å²) >= 11 is 6.12. The number of rotatable bonds is 5. The van der Waals surface area contributed by atoms with Gasteiger partial charge in [-0.3, -0.25) is 4.79 Å². The number of halogens is 2. The van der Waals surface area contributed by atoms with Crippen LogP contribution in [0.3, 0.4) is 0 Å². The molecular formula is C20H17ClFN3O3. The summed E-state index contributed by atoms with van der Waals surface area (Å²) in [4.78, 5) is 18.5. The maximum atomic E-state index is 13.3. The van der Waals surface area contributed by atoms with Crippen molar-refractivity contribution in [2.24, 2.45) is 0 Å². The fourth-order valence-corrected chi connectivity index (χ4v) is 3.56. The normalized spacial score (nSPS) is 16.6. The lowest BCUT2D eigenvalue weighted by Crippen LogP contribution is -2.27. The van der Waals surface area contributed by atoms with Gasteiger partial charge in [0.2, 0.25) is 17.6 Å². The molecule has 1 atom stereocenters. The van der Waals surface area contributed by atoms with Crippen LogP contribution in [-0.4, -0.2) is 28.1 Å². The Bertz CT molecular complexity index is 1020. The highest BCUT2D eigenvalue weighted by Crippen LogP contribution is 2.36. The van der Waals surface area contributed by atoms with Gasteiger partial charge in [0, 0.05) is 18.0 Å². The first-order valence-electron chi connectivity index (χ1n) is 8.77. The number of ether oxygens (including phenoxy) is 1. The van der Waals surface area contributed by atoms with Crippen molar-refractivity contribution in [3.63, 3.8) is 0 Å². The molecule has 1 aliphatic rings. The number of likely N-dealkylation sites (tertiary alicyclic amines) is 1. The molecule has 3 aromatic rings. The van der Waals surface area contributed by atoms with Crippen molar-refractivity contribution < 1.29 is 18.4 Å². The zero-order valence-electron chi connectivity index (χ0n) is 15.1. The van der Waals surface area contributed by atoms with Crippen molar-refractivity contribution in [2.75, 3.05) is 7.11 Å². The highest BCUT2D eigenvalue weighted by atomic mass is 35.5. The molecule has 2 heterocycles. The highest BCUT2D eigenvalue weighted by Gasteiger charge is 2.36. The van der Waals surface area contributed by atoms with Gasteiger partial charge >= 0.3 is 0 Å². The molecule has 0 saturated carbocycles. The van der Waals surface area contributed by atoms with Crippen LogP contribution in [0.2, 0.25) is 5.02 Å². The van der Waals surface area contributed by atoms with Crippen LogP contribution < -0.4 is 4.74 Å². The van der Waals surface area contributed by atoms with Gasteiger partial charge in [-0.1, -0.05) is 35.0 Å². The van der Waals surface area contributed by atoms with E-state index in [1.54, 1.807) is 18.1 Å². The van der Waals surface area contributed by atoms with Crippen LogP contribution in [0.4, 0.5) is 4.39 Å². The number of hydrogen-bond donors (Lipinski definition) is 0. The van der Waals surface area contributed by atoms with E-state index in [0.29, 0.717) is 41.4 Å². The highest BCUT2D eigenvalue weighted by molar-refractivity contribution is 6.31. The lowest BCUT2D eigenvalue weighted by atomic mass is 10.1. The summed E-state index contributed by atoms with van der Waals surface area (Å²) in [6, 6.07) is 11.1. The molecule has 4 rings (SSSR count). The van der Waals surface area contributed by atoms with E-state index in [-0.39, 0.29) is 23.5 Å². The van der Waals surface area contributed by atoms with Crippen molar-refractivity contribution in [2.45, 2.75) is 25.4 Å². The van der Waals surface area contributed by atoms with Crippen molar-refractivity contribution >= 4 is 17.5 Å². The molecule has 0 aliphatic carbocycles. The number of para-hydroxylation sites is 1. The number of hydrogen-bond acceptors (Lipinski definition) is 5. The van der Waals surface area contributed by atoms with Crippen LogP contribution in [-0.2, 0) is 11.3 Å². The van der Waals surface area contributed by atoms with Crippen LogP contribution in [0.25, 0.3) is 11.4 Å². The van der Waals surface area contributed by atoms with Crippen molar-refractivity contribution in [1.29, 1.82) is 0 Å². The fourth-order valence-electron chi connectivity index (χ4n) is 3.33. The second-order valence-corrected chi connectivity index (χ2v) is 6.88. The third-order valence-corrected chi connectivity index (χ3v) is 5.11. The predicted molar refractivity (Wildman–Crippen MR) is 100 cm³/mol. The number of nitrogens with zero attached hydrogens (tertiary/aromatic N) is 3. The second kappa shape index (κ2) is 7.59. The summed E-state index contributed by atoms with van der Waals surface area (Å²) in [7, 11) is 1.57. The lowest BCUT2D eigenvalue weighted by molar-refractivity contribution is -0.129. The molecule has 144 valence electrons. The average molecular weight is 402 g/mol. The van der Waals surface area contributed by atoms with Crippen molar-refractivity contribution in [3.8, 4) is 17.1 Å². The first-order valence-corrected chi connectivity index (χ1v) is 9.15. The Kier molecular flexibility index (Phi) is 5.00. The zero-order chi connectivity index (χ0) is 19.7. The molecule has 0 radical (unpaired) electrons. The molecular weight excluding hydrogens is 385 g/mol. The van der Waals surface area contributed by atoms with E-state index in [1.807, 2.05) is 24.3 Å². The minimum absolute atomic E-state index is 0.0394. The van der Waals surface area contributed by atoms with E-state index in [2.05, 4.69) is 10.1 Å². The Labute approximate surface area is 165 Å². The van der Waals surface area contributed by atoms with E-state index in [4.69, 9.17) is 20.9 Å². The molecule has 1 aromatic heterocycles. The van der Waals surface area contributed by atoms with Crippen LogP contribution in [0, 0.1) is 5.82 Å². The molecule has 8 heteroatoms. The molecule has 1 fully saturated rings. The Morgan fingerprint density at radius 2 is 2.14 bits per heavy atom. The molecule has 0 spiro atoms. The van der Waals surface area contributed by atoms with Crippen molar-refractivity contribution in [1.82, 2.24) is 15.0 Å². The Balaban J connectivity index is 1.61. The van der Waals surface area contributed by atoms with Gasteiger partial charge in [-0.25, -0.2) is 4.39 Å². The predicted octanol–water partition coefficient (Wildman–Crippen LogP) is 4.40. The standard InChI is InChI=1S/C20H17ClFN3O3/c1-27-17-5-3-2-4-14(17)19-23-20(28-24-19)16-8-9-18(26)25(16)11-12-6-7-13(22)10-15(12)21/h2-7,10,16H,8-9,11H2,1H3. The molecule has 6 nitrogen and oxygen atoms in total. The molecule has 1 unspecified atom stereocenters. The summed E-state index contributed by atoms with van der Waals surface area (Å²) in [5.74, 6) is 0.919. The number of amides is 1. The second-order valence-electron chi connectivity index (χ2n) is 6.47. The van der Waals surface area contributed by atoms with Gasteiger partial charge in [0.25, 0.3) is 0 Å². The lowest BCUT2D eigenvalue weighted by Gasteiger charge is -2.22. The van der Waals surface area contributed by atoms with Crippen LogP contribution in [0.5, 0.6) is 5.75 Å². The van der Waals surface area contributed by atoms with Gasteiger partial charge in [0.15, 0.2) is 0 Å². The van der Waals surface area contributed by atoms with Gasteiger partial charge in [-0.2, -0.15) is 4.98 Å². The Morgan fingerprint density at radius 3 is 2.93 bits per heavy atom. The van der Waals surface area contributed by atoms with Gasteiger partial charge in [0.1, 0.15) is 17.6 Å². The summed E-state index contributed by atoms with van der Waals surface area (Å²) < 4.78 is 24.1. The van der Waals surface area contributed by atoms with Crippen LogP contribution in [0.15, 0.2) is 47.0 Å². The van der Waals surface area contributed by atoms with E-state index < -0.39 is 5.82 Å². The molecule has 1 saturated heterocycles. The molecule has 0 bridgehead atoms. The molecule has 28 heavy (non-hydrogen) atoms. The minimum Gasteiger partial charge on any atom is -0.496 e. The van der Waals surface area contributed by atoms with E-state index in [9.17, 15) is 9.18 Å². The van der Waals surface area contributed by atoms with Gasteiger partial charge in [-0.05, 0) is 36.2 Å². The quantitative estimate of drug-likeness (QED) is 0.633. The van der Waals surface area contributed by atoms with Crippen LogP contribution in [0.1, 0.15) is 30.3 Å². The van der Waals surface area contributed by atoms with Crippen molar-refractivity contribution in [3.05, 3.63) is 64.8 Å². The number of benzene rings is 2. The minimum atomic E-state index is -0.420. The topological polar surface area (TPSA) is 68.5 Å². The Morgan fingerprint density at radius 1 is 1.32 bits per heavy atom. The zero-order valence-corrected chi connectivity index (χ0v) is 15.8. The molecule has 2 aromatic carbocycles. The summed E-state index contributed by atoms with van der Waals surface area (Å²) in [5, 5.41) is 4.33. The fraction of sp³-hybridized carbons (Fsp3) is 0.250. The van der Waals surface area contributed by atoms with E-state index >= 15 is 0 Å². The summed E-state index contributed by atoms with van der Waals surface area (Å²) in [6.07, 6.45) is 0.932. The third-order valence-electron chi connectivity index (χ3n) is 4.76. The number of methoxy groups -OCH3 is 1. The monoisotopic (exact) mass is 401 g/mol. The van der Waals surface area contributed by atoms with Gasteiger partial charge in [0.05, 0.1) is 12.7 Å². The van der Waals surface area contributed by atoms with Crippen LogP contribution >= 0.6 is 11.6 Å². The largest absolute Gasteiger partial charge is 0.496 e. The van der Waals surface area contributed by atoms with E-state index in [0.717, 1.165) is 0 Å². The first kappa shape index (κ1) is 18.4. The molecule has 1 aliphatic heterocycles. The maximum Gasteiger partial charge on any atom is 0.249 e. The van der Waals surface area contributed by atoms with Gasteiger partial charge < -0.3 is 14.2 Å². The summed E-state index contributed by atoms with van der Waals surface area (Å²) in [6.45, 7) is 0.245. The number of carbonyl (C=O) groups excluding carboxylic acids is 1. The number of aromatic nitrogens is 2. The first-order chi connectivity index (χ1) is 13.6.